The number of benzene rings is 1. The molecule has 0 atom stereocenters. The zero-order valence-electron chi connectivity index (χ0n) is 9.95. The molecular weight excluding hydrogens is 218 g/mol. The van der Waals surface area contributed by atoms with Crippen molar-refractivity contribution in [1.82, 2.24) is 5.32 Å². The van der Waals surface area contributed by atoms with Crippen LogP contribution in [0.1, 0.15) is 19.4 Å². The summed E-state index contributed by atoms with van der Waals surface area (Å²) >= 11 is 0. The van der Waals surface area contributed by atoms with E-state index in [1.165, 1.54) is 0 Å². The van der Waals surface area contributed by atoms with Gasteiger partial charge in [-0.3, -0.25) is 4.79 Å². The van der Waals surface area contributed by atoms with Crippen LogP contribution in [-0.2, 0) is 11.3 Å². The lowest BCUT2D eigenvalue weighted by Gasteiger charge is -2.04. The number of fused-ring (bicyclic) bond motifs is 1. The van der Waals surface area contributed by atoms with E-state index in [9.17, 15) is 4.79 Å². The molecule has 1 heterocycles. The average molecular weight is 233 g/mol. The maximum atomic E-state index is 11.4. The molecule has 0 saturated heterocycles. The topological polar surface area (TPSA) is 47.6 Å². The molecule has 4 nitrogen and oxygen atoms in total. The fraction of sp³-hybridized carbons (Fsp3) is 0.308. The van der Waals surface area contributed by atoms with Crippen LogP contribution in [-0.4, -0.2) is 12.7 Å². The predicted molar refractivity (Wildman–Crippen MR) is 63.8 cm³/mol. The maximum Gasteiger partial charge on any atom is 0.244 e. The van der Waals surface area contributed by atoms with Crippen LogP contribution in [0.3, 0.4) is 0 Å². The molecule has 0 aliphatic carbocycles. The van der Waals surface area contributed by atoms with E-state index in [0.717, 1.165) is 22.6 Å². The smallest absolute Gasteiger partial charge is 0.244 e. The van der Waals surface area contributed by atoms with E-state index >= 15 is 0 Å². The molecule has 1 aromatic carbocycles. The van der Waals surface area contributed by atoms with Gasteiger partial charge in [0.2, 0.25) is 12.7 Å². The molecule has 1 aromatic rings. The quantitative estimate of drug-likeness (QED) is 0.812. The van der Waals surface area contributed by atoms with Crippen LogP contribution >= 0.6 is 0 Å². The highest BCUT2D eigenvalue weighted by Gasteiger charge is 2.12. The van der Waals surface area contributed by atoms with Gasteiger partial charge in [-0.1, -0.05) is 11.6 Å². The number of carbonyl (C=O) groups is 1. The minimum Gasteiger partial charge on any atom is -0.454 e. The number of nitrogens with one attached hydrogen (secondary N) is 1. The fourth-order valence-corrected chi connectivity index (χ4v) is 1.55. The lowest BCUT2D eigenvalue weighted by atomic mass is 10.2. The third-order valence-electron chi connectivity index (χ3n) is 2.32. The molecule has 0 unspecified atom stereocenters. The maximum absolute atomic E-state index is 11.4. The zero-order valence-corrected chi connectivity index (χ0v) is 9.95. The highest BCUT2D eigenvalue weighted by Crippen LogP contribution is 2.32. The van der Waals surface area contributed by atoms with Crippen molar-refractivity contribution < 1.29 is 14.3 Å². The monoisotopic (exact) mass is 233 g/mol. The Bertz CT molecular complexity index is 462. The second-order valence-electron chi connectivity index (χ2n) is 4.13. The predicted octanol–water partition coefficient (Wildman–Crippen LogP) is 2.00. The average Bonchev–Trinajstić information content (AvgIpc) is 2.72. The summed E-state index contributed by atoms with van der Waals surface area (Å²) in [5.74, 6) is 1.41. The second-order valence-corrected chi connectivity index (χ2v) is 4.13. The second kappa shape index (κ2) is 4.91. The van der Waals surface area contributed by atoms with Crippen LogP contribution in [0.2, 0.25) is 0 Å². The number of allylic oxidation sites excluding steroid dienone is 1. The van der Waals surface area contributed by atoms with Gasteiger partial charge < -0.3 is 14.8 Å². The van der Waals surface area contributed by atoms with Gasteiger partial charge in [0, 0.05) is 12.6 Å². The summed E-state index contributed by atoms with van der Waals surface area (Å²) in [5, 5.41) is 2.81. The van der Waals surface area contributed by atoms with Crippen LogP contribution in [0.4, 0.5) is 0 Å². The molecule has 90 valence electrons. The highest BCUT2D eigenvalue weighted by molar-refractivity contribution is 5.87. The fourth-order valence-electron chi connectivity index (χ4n) is 1.55. The Hall–Kier alpha value is -1.97. The summed E-state index contributed by atoms with van der Waals surface area (Å²) in [6.07, 6.45) is 1.58. The first kappa shape index (κ1) is 11.5. The van der Waals surface area contributed by atoms with Crippen molar-refractivity contribution in [1.29, 1.82) is 0 Å². The molecule has 0 aromatic heterocycles. The Labute approximate surface area is 100 Å². The first-order valence-electron chi connectivity index (χ1n) is 5.46. The Balaban J connectivity index is 1.96. The molecule has 2 rings (SSSR count). The molecule has 0 spiro atoms. The third kappa shape index (κ3) is 3.00. The van der Waals surface area contributed by atoms with E-state index < -0.39 is 0 Å². The van der Waals surface area contributed by atoms with Crippen LogP contribution in [0.25, 0.3) is 0 Å². The molecule has 1 aliphatic heterocycles. The number of hydrogen-bond donors (Lipinski definition) is 1. The van der Waals surface area contributed by atoms with Crippen molar-refractivity contribution >= 4 is 5.91 Å². The van der Waals surface area contributed by atoms with Gasteiger partial charge in [0.25, 0.3) is 0 Å². The molecule has 0 saturated carbocycles. The normalized spacial score (nSPS) is 12.1. The molecule has 0 radical (unpaired) electrons. The van der Waals surface area contributed by atoms with Crippen LogP contribution in [0.5, 0.6) is 11.5 Å². The van der Waals surface area contributed by atoms with Crippen molar-refractivity contribution in [3.05, 3.63) is 35.4 Å². The standard InChI is InChI=1S/C13H15NO3/c1-9(2)5-13(15)14-7-10-3-4-11-12(6-10)17-8-16-11/h3-6H,7-8H2,1-2H3,(H,14,15). The van der Waals surface area contributed by atoms with Crippen molar-refractivity contribution in [2.45, 2.75) is 20.4 Å². The molecular formula is C13H15NO3. The minimum atomic E-state index is -0.0809. The zero-order chi connectivity index (χ0) is 12.3. The van der Waals surface area contributed by atoms with Gasteiger partial charge in [-0.05, 0) is 31.5 Å². The lowest BCUT2D eigenvalue weighted by molar-refractivity contribution is -0.116. The summed E-state index contributed by atoms with van der Waals surface area (Å²) in [6, 6.07) is 5.65. The highest BCUT2D eigenvalue weighted by atomic mass is 16.7. The van der Waals surface area contributed by atoms with Gasteiger partial charge in [-0.25, -0.2) is 0 Å². The first-order valence-corrected chi connectivity index (χ1v) is 5.46. The molecule has 1 amide bonds. The summed E-state index contributed by atoms with van der Waals surface area (Å²) in [5.41, 5.74) is 1.97. The Kier molecular flexibility index (Phi) is 3.32. The largest absolute Gasteiger partial charge is 0.454 e. The van der Waals surface area contributed by atoms with Crippen LogP contribution in [0, 0.1) is 0 Å². The Morgan fingerprint density at radius 3 is 2.88 bits per heavy atom. The first-order chi connectivity index (χ1) is 8.15. The molecule has 1 aliphatic rings. The lowest BCUT2D eigenvalue weighted by Crippen LogP contribution is -2.20. The van der Waals surface area contributed by atoms with E-state index in [1.54, 1.807) is 6.08 Å². The summed E-state index contributed by atoms with van der Waals surface area (Å²) < 4.78 is 10.5. The number of hydrogen-bond acceptors (Lipinski definition) is 3. The summed E-state index contributed by atoms with van der Waals surface area (Å²) in [6.45, 7) is 4.53. The summed E-state index contributed by atoms with van der Waals surface area (Å²) in [7, 11) is 0. The van der Waals surface area contributed by atoms with E-state index in [4.69, 9.17) is 9.47 Å². The number of carbonyl (C=O) groups excluding carboxylic acids is 1. The third-order valence-corrected chi connectivity index (χ3v) is 2.32. The van der Waals surface area contributed by atoms with Gasteiger partial charge in [0.15, 0.2) is 11.5 Å². The molecule has 17 heavy (non-hydrogen) atoms. The van der Waals surface area contributed by atoms with Gasteiger partial charge in [-0.2, -0.15) is 0 Å². The van der Waals surface area contributed by atoms with Crippen LogP contribution < -0.4 is 14.8 Å². The van der Waals surface area contributed by atoms with Gasteiger partial charge in [0.1, 0.15) is 0 Å². The summed E-state index contributed by atoms with van der Waals surface area (Å²) in [4.78, 5) is 11.4. The Morgan fingerprint density at radius 1 is 1.35 bits per heavy atom. The number of ether oxygens (including phenoxy) is 2. The molecule has 1 N–H and O–H groups in total. The van der Waals surface area contributed by atoms with E-state index in [1.807, 2.05) is 32.0 Å². The Morgan fingerprint density at radius 2 is 2.12 bits per heavy atom. The number of rotatable bonds is 3. The molecule has 0 fully saturated rings. The van der Waals surface area contributed by atoms with E-state index in [0.29, 0.717) is 6.54 Å². The van der Waals surface area contributed by atoms with E-state index in [-0.39, 0.29) is 12.7 Å². The van der Waals surface area contributed by atoms with Crippen molar-refractivity contribution in [3.63, 3.8) is 0 Å². The van der Waals surface area contributed by atoms with Gasteiger partial charge in [-0.15, -0.1) is 0 Å². The van der Waals surface area contributed by atoms with E-state index in [2.05, 4.69) is 5.32 Å². The van der Waals surface area contributed by atoms with Crippen molar-refractivity contribution in [3.8, 4) is 11.5 Å². The molecule has 4 heteroatoms. The van der Waals surface area contributed by atoms with Crippen LogP contribution in [0.15, 0.2) is 29.8 Å². The van der Waals surface area contributed by atoms with Crippen molar-refractivity contribution in [2.75, 3.05) is 6.79 Å². The van der Waals surface area contributed by atoms with Gasteiger partial charge >= 0.3 is 0 Å². The minimum absolute atomic E-state index is 0.0809. The molecule has 0 bridgehead atoms. The van der Waals surface area contributed by atoms with Gasteiger partial charge in [0.05, 0.1) is 0 Å². The SMILES string of the molecule is CC(C)=CC(=O)NCc1ccc2c(c1)OCO2. The van der Waals surface area contributed by atoms with Crippen molar-refractivity contribution in [2.24, 2.45) is 0 Å². The number of amides is 1.